The molecule has 0 heterocycles. The van der Waals surface area contributed by atoms with Gasteiger partial charge in [0.15, 0.2) is 5.78 Å². The number of benzene rings is 1. The minimum Gasteiger partial charge on any atom is -0.511 e. The van der Waals surface area contributed by atoms with E-state index in [1.165, 1.54) is 16.7 Å². The molecule has 0 aromatic heterocycles. The molecule has 5 nitrogen and oxygen atoms in total. The van der Waals surface area contributed by atoms with Crippen LogP contribution in [-0.2, 0) is 21.0 Å². The van der Waals surface area contributed by atoms with E-state index in [2.05, 4.69) is 32.0 Å². The minimum absolute atomic E-state index is 0.0396. The van der Waals surface area contributed by atoms with Crippen molar-refractivity contribution in [3.63, 3.8) is 0 Å². The van der Waals surface area contributed by atoms with Crippen LogP contribution in [0.15, 0.2) is 22.6 Å². The SMILES string of the molecule is CCCC(=NOCC)C1=C(O)CC(c2c(C)cc(C)c(COCC)c2C)CC1=O. The van der Waals surface area contributed by atoms with Crippen LogP contribution in [0.2, 0.25) is 0 Å². The number of carbonyl (C=O) groups is 1. The van der Waals surface area contributed by atoms with E-state index in [9.17, 15) is 9.90 Å². The normalized spacial score (nSPS) is 17.8. The molecule has 5 heteroatoms. The minimum atomic E-state index is -0.0589. The molecule has 1 aromatic rings. The van der Waals surface area contributed by atoms with Crippen molar-refractivity contribution in [3.8, 4) is 0 Å². The number of allylic oxidation sites excluding steroid dienone is 2. The van der Waals surface area contributed by atoms with E-state index in [-0.39, 0.29) is 17.5 Å². The van der Waals surface area contributed by atoms with Gasteiger partial charge >= 0.3 is 0 Å². The molecule has 0 bridgehead atoms. The highest BCUT2D eigenvalue weighted by atomic mass is 16.6. The van der Waals surface area contributed by atoms with Gasteiger partial charge in [-0.2, -0.15) is 0 Å². The van der Waals surface area contributed by atoms with Gasteiger partial charge in [-0.25, -0.2) is 0 Å². The van der Waals surface area contributed by atoms with Crippen LogP contribution in [0.25, 0.3) is 0 Å². The van der Waals surface area contributed by atoms with Gasteiger partial charge in [0.1, 0.15) is 12.4 Å². The number of ketones is 1. The highest BCUT2D eigenvalue weighted by molar-refractivity contribution is 6.23. The fraction of sp³-hybridized carbons (Fsp3) is 0.583. The molecule has 1 unspecified atom stereocenters. The van der Waals surface area contributed by atoms with Crippen molar-refractivity contribution >= 4 is 11.5 Å². The number of Topliss-reactive ketones (excluding diaryl/α,β-unsaturated/α-hetero) is 1. The van der Waals surface area contributed by atoms with Crippen molar-refractivity contribution in [1.29, 1.82) is 0 Å². The highest BCUT2D eigenvalue weighted by Gasteiger charge is 2.33. The van der Waals surface area contributed by atoms with Gasteiger partial charge in [0, 0.05) is 19.4 Å². The molecule has 0 radical (unpaired) electrons. The van der Waals surface area contributed by atoms with Crippen molar-refractivity contribution in [2.75, 3.05) is 13.2 Å². The molecule has 1 N–H and O–H groups in total. The maximum atomic E-state index is 13.0. The number of ether oxygens (including phenoxy) is 1. The number of hydrogen-bond donors (Lipinski definition) is 1. The van der Waals surface area contributed by atoms with Crippen LogP contribution < -0.4 is 0 Å². The molecule has 1 aliphatic rings. The molecule has 0 aliphatic heterocycles. The molecular weight excluding hydrogens is 366 g/mol. The lowest BCUT2D eigenvalue weighted by Gasteiger charge is -2.28. The van der Waals surface area contributed by atoms with Gasteiger partial charge < -0.3 is 14.7 Å². The topological polar surface area (TPSA) is 68.1 Å². The third-order valence-corrected chi connectivity index (χ3v) is 5.57. The first-order valence-corrected chi connectivity index (χ1v) is 10.7. The predicted molar refractivity (Wildman–Crippen MR) is 117 cm³/mol. The lowest BCUT2D eigenvalue weighted by molar-refractivity contribution is -0.116. The van der Waals surface area contributed by atoms with Crippen LogP contribution in [0.4, 0.5) is 0 Å². The lowest BCUT2D eigenvalue weighted by Crippen LogP contribution is -2.25. The molecule has 1 aliphatic carbocycles. The number of aryl methyl sites for hydroxylation is 2. The van der Waals surface area contributed by atoms with E-state index in [0.29, 0.717) is 50.4 Å². The van der Waals surface area contributed by atoms with Gasteiger partial charge in [-0.15, -0.1) is 0 Å². The molecule has 1 aromatic carbocycles. The van der Waals surface area contributed by atoms with Crippen LogP contribution in [0.5, 0.6) is 0 Å². The highest BCUT2D eigenvalue weighted by Crippen LogP contribution is 2.39. The third-order valence-electron chi connectivity index (χ3n) is 5.57. The van der Waals surface area contributed by atoms with E-state index in [1.807, 2.05) is 20.8 Å². The van der Waals surface area contributed by atoms with Gasteiger partial charge in [0.05, 0.1) is 17.9 Å². The van der Waals surface area contributed by atoms with Crippen LogP contribution in [0.3, 0.4) is 0 Å². The molecule has 0 fully saturated rings. The molecule has 2 rings (SSSR count). The Bertz CT molecular complexity index is 808. The Kier molecular flexibility index (Phi) is 8.45. The van der Waals surface area contributed by atoms with E-state index < -0.39 is 0 Å². The Labute approximate surface area is 174 Å². The van der Waals surface area contributed by atoms with Crippen LogP contribution in [0.1, 0.15) is 80.2 Å². The fourth-order valence-electron chi connectivity index (χ4n) is 4.32. The van der Waals surface area contributed by atoms with Gasteiger partial charge in [0.2, 0.25) is 0 Å². The van der Waals surface area contributed by atoms with Crippen LogP contribution >= 0.6 is 0 Å². The number of carbonyl (C=O) groups excluding carboxylic acids is 1. The Morgan fingerprint density at radius 2 is 1.86 bits per heavy atom. The average molecular weight is 402 g/mol. The van der Waals surface area contributed by atoms with Gasteiger partial charge in [-0.1, -0.05) is 24.6 Å². The third kappa shape index (κ3) is 5.27. The first-order chi connectivity index (χ1) is 13.8. The Hall–Kier alpha value is -2.14. The average Bonchev–Trinajstić information content (AvgIpc) is 2.65. The maximum Gasteiger partial charge on any atom is 0.168 e. The van der Waals surface area contributed by atoms with Crippen molar-refractivity contribution in [2.24, 2.45) is 5.16 Å². The molecule has 1 atom stereocenters. The van der Waals surface area contributed by atoms with E-state index in [0.717, 1.165) is 17.5 Å². The Balaban J connectivity index is 2.43. The monoisotopic (exact) mass is 401 g/mol. The zero-order chi connectivity index (χ0) is 21.6. The molecule has 0 amide bonds. The number of hydrogen-bond acceptors (Lipinski definition) is 5. The Morgan fingerprint density at radius 1 is 1.14 bits per heavy atom. The number of aliphatic hydroxyl groups is 1. The van der Waals surface area contributed by atoms with Crippen molar-refractivity contribution < 1.29 is 19.5 Å². The predicted octanol–water partition coefficient (Wildman–Crippen LogP) is 5.60. The zero-order valence-electron chi connectivity index (χ0n) is 18.7. The summed E-state index contributed by atoms with van der Waals surface area (Å²) in [4.78, 5) is 18.2. The largest absolute Gasteiger partial charge is 0.511 e. The smallest absolute Gasteiger partial charge is 0.168 e. The molecule has 0 spiro atoms. The van der Waals surface area contributed by atoms with Gasteiger partial charge in [0.25, 0.3) is 0 Å². The van der Waals surface area contributed by atoms with Crippen molar-refractivity contribution in [1.82, 2.24) is 0 Å². The second-order valence-corrected chi connectivity index (χ2v) is 7.72. The molecule has 0 saturated heterocycles. The second-order valence-electron chi connectivity index (χ2n) is 7.72. The molecular formula is C24H35NO4. The summed E-state index contributed by atoms with van der Waals surface area (Å²) in [6.07, 6.45) is 2.25. The summed E-state index contributed by atoms with van der Waals surface area (Å²) in [6, 6.07) is 2.16. The zero-order valence-corrected chi connectivity index (χ0v) is 18.7. The van der Waals surface area contributed by atoms with E-state index in [1.54, 1.807) is 0 Å². The lowest BCUT2D eigenvalue weighted by atomic mass is 9.76. The number of aliphatic hydroxyl groups excluding tert-OH is 1. The first kappa shape index (κ1) is 23.1. The standard InChI is InChI=1S/C24H35NO4/c1-7-10-20(25-29-9-3)24-21(26)12-18(13-22(24)27)23-16(5)11-15(4)19(17(23)6)14-28-8-2/h11,18,26H,7-10,12-14H2,1-6H3. The molecule has 29 heavy (non-hydrogen) atoms. The number of nitrogens with zero attached hydrogens (tertiary/aromatic N) is 1. The van der Waals surface area contributed by atoms with Crippen molar-refractivity contribution in [2.45, 2.75) is 79.8 Å². The van der Waals surface area contributed by atoms with Crippen LogP contribution in [-0.4, -0.2) is 29.8 Å². The van der Waals surface area contributed by atoms with E-state index >= 15 is 0 Å². The molecule has 0 saturated carbocycles. The number of oxime groups is 1. The van der Waals surface area contributed by atoms with Crippen LogP contribution in [0, 0.1) is 20.8 Å². The maximum absolute atomic E-state index is 13.0. The summed E-state index contributed by atoms with van der Waals surface area (Å²) in [5.74, 6) is 0.0301. The summed E-state index contributed by atoms with van der Waals surface area (Å²) in [5, 5.41) is 14.9. The summed E-state index contributed by atoms with van der Waals surface area (Å²) < 4.78 is 5.66. The Morgan fingerprint density at radius 3 is 2.45 bits per heavy atom. The van der Waals surface area contributed by atoms with Crippen molar-refractivity contribution in [3.05, 3.63) is 45.2 Å². The summed E-state index contributed by atoms with van der Waals surface area (Å²) in [6.45, 7) is 13.8. The molecule has 160 valence electrons. The van der Waals surface area contributed by atoms with Gasteiger partial charge in [-0.05, 0) is 74.8 Å². The summed E-state index contributed by atoms with van der Waals surface area (Å²) >= 11 is 0. The van der Waals surface area contributed by atoms with E-state index in [4.69, 9.17) is 9.57 Å². The van der Waals surface area contributed by atoms with Gasteiger partial charge in [-0.3, -0.25) is 4.79 Å². The quantitative estimate of drug-likeness (QED) is 0.432. The first-order valence-electron chi connectivity index (χ1n) is 10.7. The summed E-state index contributed by atoms with van der Waals surface area (Å²) in [5.41, 5.74) is 6.78. The summed E-state index contributed by atoms with van der Waals surface area (Å²) in [7, 11) is 0. The fourth-order valence-corrected chi connectivity index (χ4v) is 4.32. The second kappa shape index (κ2) is 10.6. The number of rotatable bonds is 9.